The first-order valence-corrected chi connectivity index (χ1v) is 8.62. The normalized spacial score (nSPS) is 14.6. The molecule has 0 radical (unpaired) electrons. The van der Waals surface area contributed by atoms with Gasteiger partial charge in [-0.05, 0) is 60.4 Å². The van der Waals surface area contributed by atoms with E-state index in [1.165, 1.54) is 6.07 Å². The lowest BCUT2D eigenvalue weighted by molar-refractivity contribution is 0.0999. The summed E-state index contributed by atoms with van der Waals surface area (Å²) in [7, 11) is 0. The summed E-state index contributed by atoms with van der Waals surface area (Å²) in [4.78, 5) is 13.5. The van der Waals surface area contributed by atoms with Gasteiger partial charge < -0.3 is 10.5 Å². The van der Waals surface area contributed by atoms with Crippen LogP contribution in [0, 0.1) is 5.82 Å². The number of nitrogens with zero attached hydrogens (tertiary/aromatic N) is 1. The second-order valence-corrected chi connectivity index (χ2v) is 6.54. The molecule has 0 spiro atoms. The minimum absolute atomic E-state index is 0.232. The number of rotatable bonds is 5. The maximum Gasteiger partial charge on any atom is 0.248 e. The first-order chi connectivity index (χ1) is 12.0. The molecule has 0 aromatic heterocycles. The van der Waals surface area contributed by atoms with Gasteiger partial charge in [-0.2, -0.15) is 0 Å². The van der Waals surface area contributed by atoms with Gasteiger partial charge >= 0.3 is 0 Å². The van der Waals surface area contributed by atoms with Crippen molar-refractivity contribution >= 4 is 17.5 Å². The third-order valence-corrected chi connectivity index (χ3v) is 4.69. The average Bonchev–Trinajstić information content (AvgIpc) is 2.79. The number of ether oxygens (including phenoxy) is 1. The van der Waals surface area contributed by atoms with Crippen molar-refractivity contribution in [2.75, 3.05) is 26.2 Å². The van der Waals surface area contributed by atoms with E-state index in [9.17, 15) is 9.18 Å². The summed E-state index contributed by atoms with van der Waals surface area (Å²) in [6.07, 6.45) is 1.30. The summed E-state index contributed by atoms with van der Waals surface area (Å²) in [5.41, 5.74) is 7.06. The molecular weight excluding hydrogens is 343 g/mol. The molecule has 2 aromatic rings. The van der Waals surface area contributed by atoms with Gasteiger partial charge in [-0.1, -0.05) is 11.6 Å². The van der Waals surface area contributed by atoms with Gasteiger partial charge in [-0.15, -0.1) is 0 Å². The van der Waals surface area contributed by atoms with Crippen molar-refractivity contribution in [1.82, 2.24) is 4.90 Å². The van der Waals surface area contributed by atoms with E-state index >= 15 is 0 Å². The SMILES string of the molecule is NC(=O)c1cc(F)c2c(c1)CCN(CCOc1ccc(Cl)cc1)CC2. The summed E-state index contributed by atoms with van der Waals surface area (Å²) in [5, 5.41) is 0.676. The molecule has 0 saturated heterocycles. The molecule has 1 amide bonds. The molecule has 2 aromatic carbocycles. The second-order valence-electron chi connectivity index (χ2n) is 6.10. The molecule has 6 heteroatoms. The highest BCUT2D eigenvalue weighted by Crippen LogP contribution is 2.21. The summed E-state index contributed by atoms with van der Waals surface area (Å²) in [6, 6.07) is 10.2. The third-order valence-electron chi connectivity index (χ3n) is 4.44. The molecule has 0 saturated carbocycles. The molecule has 0 aliphatic carbocycles. The highest BCUT2D eigenvalue weighted by molar-refractivity contribution is 6.30. The average molecular weight is 363 g/mol. The second kappa shape index (κ2) is 7.85. The summed E-state index contributed by atoms with van der Waals surface area (Å²) in [6.45, 7) is 2.84. The van der Waals surface area contributed by atoms with Crippen LogP contribution in [0.1, 0.15) is 21.5 Å². The van der Waals surface area contributed by atoms with Gasteiger partial charge in [0, 0.05) is 30.2 Å². The van der Waals surface area contributed by atoms with Crippen molar-refractivity contribution in [2.24, 2.45) is 5.73 Å². The van der Waals surface area contributed by atoms with E-state index in [0.717, 1.165) is 30.9 Å². The van der Waals surface area contributed by atoms with Crippen LogP contribution in [0.25, 0.3) is 0 Å². The fourth-order valence-electron chi connectivity index (χ4n) is 3.05. The maximum absolute atomic E-state index is 14.2. The fraction of sp³-hybridized carbons (Fsp3) is 0.316. The molecule has 0 atom stereocenters. The minimum atomic E-state index is -0.598. The van der Waals surface area contributed by atoms with Crippen LogP contribution in [-0.2, 0) is 12.8 Å². The Hall–Kier alpha value is -2.11. The van der Waals surface area contributed by atoms with Crippen LogP contribution in [0.15, 0.2) is 36.4 Å². The number of carbonyl (C=O) groups is 1. The van der Waals surface area contributed by atoms with Crippen molar-refractivity contribution in [2.45, 2.75) is 12.8 Å². The molecule has 1 aliphatic heterocycles. The van der Waals surface area contributed by atoms with Gasteiger partial charge in [0.2, 0.25) is 5.91 Å². The van der Waals surface area contributed by atoms with Crippen LogP contribution in [0.2, 0.25) is 5.02 Å². The fourth-order valence-corrected chi connectivity index (χ4v) is 3.17. The number of fused-ring (bicyclic) bond motifs is 1. The van der Waals surface area contributed by atoms with E-state index < -0.39 is 5.91 Å². The number of halogens is 2. The van der Waals surface area contributed by atoms with E-state index in [1.54, 1.807) is 18.2 Å². The number of nitrogens with two attached hydrogens (primary N) is 1. The zero-order valence-corrected chi connectivity index (χ0v) is 14.6. The lowest BCUT2D eigenvalue weighted by Gasteiger charge is -2.19. The lowest BCUT2D eigenvalue weighted by Crippen LogP contribution is -2.30. The quantitative estimate of drug-likeness (QED) is 0.889. The van der Waals surface area contributed by atoms with Crippen LogP contribution in [0.5, 0.6) is 5.75 Å². The zero-order valence-electron chi connectivity index (χ0n) is 13.8. The van der Waals surface area contributed by atoms with Crippen molar-refractivity contribution in [3.05, 3.63) is 63.9 Å². The molecule has 25 heavy (non-hydrogen) atoms. The number of carbonyl (C=O) groups excluding carboxylic acids is 1. The Morgan fingerprint density at radius 3 is 2.64 bits per heavy atom. The van der Waals surface area contributed by atoms with E-state index in [-0.39, 0.29) is 11.4 Å². The van der Waals surface area contributed by atoms with Crippen LogP contribution in [0.3, 0.4) is 0 Å². The van der Waals surface area contributed by atoms with Crippen LogP contribution >= 0.6 is 11.6 Å². The monoisotopic (exact) mass is 362 g/mol. The van der Waals surface area contributed by atoms with Gasteiger partial charge in [-0.25, -0.2) is 4.39 Å². The Kier molecular flexibility index (Phi) is 5.56. The first kappa shape index (κ1) is 17.7. The first-order valence-electron chi connectivity index (χ1n) is 8.25. The Bertz CT molecular complexity index is 765. The van der Waals surface area contributed by atoms with E-state index in [0.29, 0.717) is 30.0 Å². The van der Waals surface area contributed by atoms with Crippen molar-refractivity contribution in [3.8, 4) is 5.75 Å². The lowest BCUT2D eigenvalue weighted by atomic mass is 9.99. The van der Waals surface area contributed by atoms with Gasteiger partial charge in [0.05, 0.1) is 0 Å². The van der Waals surface area contributed by atoms with Crippen molar-refractivity contribution in [3.63, 3.8) is 0 Å². The smallest absolute Gasteiger partial charge is 0.248 e. The molecule has 1 heterocycles. The largest absolute Gasteiger partial charge is 0.492 e. The van der Waals surface area contributed by atoms with E-state index in [2.05, 4.69) is 4.90 Å². The number of benzene rings is 2. The van der Waals surface area contributed by atoms with Gasteiger partial charge in [0.15, 0.2) is 0 Å². The molecule has 2 N–H and O–H groups in total. The number of amides is 1. The van der Waals surface area contributed by atoms with Gasteiger partial charge in [0.1, 0.15) is 18.2 Å². The molecular formula is C19H20ClFN2O2. The molecule has 3 rings (SSSR count). The summed E-state index contributed by atoms with van der Waals surface area (Å²) < 4.78 is 20.0. The molecule has 4 nitrogen and oxygen atoms in total. The van der Waals surface area contributed by atoms with Gasteiger partial charge in [0.25, 0.3) is 0 Å². The van der Waals surface area contributed by atoms with Crippen molar-refractivity contribution in [1.29, 1.82) is 0 Å². The Morgan fingerprint density at radius 2 is 1.92 bits per heavy atom. The van der Waals surface area contributed by atoms with Gasteiger partial charge in [-0.3, -0.25) is 9.69 Å². The summed E-state index contributed by atoms with van der Waals surface area (Å²) in [5.74, 6) is -0.163. The van der Waals surface area contributed by atoms with Crippen LogP contribution in [0.4, 0.5) is 4.39 Å². The van der Waals surface area contributed by atoms with E-state index in [4.69, 9.17) is 22.1 Å². The Labute approximate surface area is 151 Å². The number of hydrogen-bond donors (Lipinski definition) is 1. The highest BCUT2D eigenvalue weighted by atomic mass is 35.5. The van der Waals surface area contributed by atoms with Crippen LogP contribution < -0.4 is 10.5 Å². The predicted octanol–water partition coefficient (Wildman–Crippen LogP) is 3.06. The topological polar surface area (TPSA) is 55.6 Å². The highest BCUT2D eigenvalue weighted by Gasteiger charge is 2.19. The molecule has 132 valence electrons. The zero-order chi connectivity index (χ0) is 17.8. The number of primary amides is 1. The molecule has 0 unspecified atom stereocenters. The Morgan fingerprint density at radius 1 is 1.20 bits per heavy atom. The summed E-state index contributed by atoms with van der Waals surface area (Å²) >= 11 is 5.85. The van der Waals surface area contributed by atoms with E-state index in [1.807, 2.05) is 12.1 Å². The standard InChI is InChI=1S/C19H20ClFN2O2/c20-15-1-3-16(4-2-15)25-10-9-23-7-5-13-11-14(19(22)24)12-18(21)17(13)6-8-23/h1-4,11-12H,5-10H2,(H2,22,24). The van der Waals surface area contributed by atoms with Crippen LogP contribution in [-0.4, -0.2) is 37.0 Å². The molecule has 0 bridgehead atoms. The Balaban J connectivity index is 1.57. The van der Waals surface area contributed by atoms with Crippen molar-refractivity contribution < 1.29 is 13.9 Å². The molecule has 1 aliphatic rings. The third kappa shape index (κ3) is 4.50. The maximum atomic E-state index is 14.2. The number of hydrogen-bond acceptors (Lipinski definition) is 3. The predicted molar refractivity (Wildman–Crippen MR) is 95.7 cm³/mol. The minimum Gasteiger partial charge on any atom is -0.492 e. The molecule has 0 fully saturated rings.